The number of esters is 1. The van der Waals surface area contributed by atoms with Crippen molar-refractivity contribution in [2.45, 2.75) is 136 Å². The van der Waals surface area contributed by atoms with Gasteiger partial charge in [0.25, 0.3) is 5.91 Å². The summed E-state index contributed by atoms with van der Waals surface area (Å²) in [7, 11) is 1.61. The van der Waals surface area contributed by atoms with Gasteiger partial charge in [-0.2, -0.15) is 0 Å². The molecule has 9 nitrogen and oxygen atoms in total. The number of β-amino-alcohol motifs (C(OH)–C–C–N with tert-alkyl or cyclic N) is 1. The van der Waals surface area contributed by atoms with Crippen molar-refractivity contribution in [1.29, 1.82) is 0 Å². The van der Waals surface area contributed by atoms with Crippen molar-refractivity contribution >= 4 is 17.7 Å². The van der Waals surface area contributed by atoms with Crippen LogP contribution in [0.25, 0.3) is 0 Å². The smallest absolute Gasteiger partial charge is 0.309 e. The largest absolute Gasteiger partial charge is 0.452 e. The summed E-state index contributed by atoms with van der Waals surface area (Å²) < 4.78 is 10.8. The molecule has 0 fully saturated rings. The predicted molar refractivity (Wildman–Crippen MR) is 168 cm³/mol. The number of allylic oxidation sites excluding steroid dienone is 3. The maximum atomic E-state index is 12.7. The maximum Gasteiger partial charge on any atom is 0.309 e. The molecular formula is C34H59NO8. The summed E-state index contributed by atoms with van der Waals surface area (Å²) in [4.78, 5) is 37.8. The van der Waals surface area contributed by atoms with Crippen LogP contribution in [0.3, 0.4) is 0 Å². The van der Waals surface area contributed by atoms with Crippen LogP contribution in [0, 0.1) is 17.8 Å². The highest BCUT2D eigenvalue weighted by Gasteiger charge is 2.26. The number of methoxy groups -OCH3 is 1. The monoisotopic (exact) mass is 609 g/mol. The first-order chi connectivity index (χ1) is 20.5. The molecule has 9 heteroatoms. The van der Waals surface area contributed by atoms with Gasteiger partial charge in [-0.1, -0.05) is 58.8 Å². The van der Waals surface area contributed by atoms with Crippen molar-refractivity contribution in [3.05, 3.63) is 23.8 Å². The third-order valence-corrected chi connectivity index (χ3v) is 8.31. The summed E-state index contributed by atoms with van der Waals surface area (Å²) in [5.74, 6) is -0.348. The van der Waals surface area contributed by atoms with E-state index in [-0.39, 0.29) is 37.6 Å². The number of rotatable bonds is 4. The van der Waals surface area contributed by atoms with Gasteiger partial charge in [-0.25, -0.2) is 0 Å². The van der Waals surface area contributed by atoms with Gasteiger partial charge in [-0.05, 0) is 68.8 Å². The predicted octanol–water partition coefficient (Wildman–Crippen LogP) is 4.81. The molecule has 43 heavy (non-hydrogen) atoms. The zero-order valence-corrected chi connectivity index (χ0v) is 27.3. The lowest BCUT2D eigenvalue weighted by Gasteiger charge is -2.23. The van der Waals surface area contributed by atoms with E-state index in [9.17, 15) is 29.7 Å². The van der Waals surface area contributed by atoms with Crippen LogP contribution in [0.2, 0.25) is 0 Å². The van der Waals surface area contributed by atoms with E-state index in [2.05, 4.69) is 25.2 Å². The third-order valence-electron chi connectivity index (χ3n) is 8.31. The summed E-state index contributed by atoms with van der Waals surface area (Å²) in [6.45, 7) is 8.04. The number of ketones is 1. The lowest BCUT2D eigenvalue weighted by molar-refractivity contribution is -0.160. The van der Waals surface area contributed by atoms with Crippen molar-refractivity contribution in [1.82, 2.24) is 5.32 Å². The molecule has 0 spiro atoms. The van der Waals surface area contributed by atoms with Gasteiger partial charge in [0.1, 0.15) is 5.78 Å². The summed E-state index contributed by atoms with van der Waals surface area (Å²) in [5.41, 5.74) is 0.972. The van der Waals surface area contributed by atoms with Gasteiger partial charge >= 0.3 is 5.97 Å². The minimum atomic E-state index is -1.17. The number of carbonyl (C=O) groups excluding carboxylic acids is 3. The number of aliphatic hydroxyl groups is 3. The van der Waals surface area contributed by atoms with Crippen LogP contribution in [0.1, 0.15) is 111 Å². The highest BCUT2D eigenvalue weighted by atomic mass is 16.5. The molecule has 248 valence electrons. The molecule has 0 radical (unpaired) electrons. The van der Waals surface area contributed by atoms with Gasteiger partial charge in [0, 0.05) is 32.9 Å². The van der Waals surface area contributed by atoms with Crippen molar-refractivity contribution < 1.29 is 39.2 Å². The highest BCUT2D eigenvalue weighted by Crippen LogP contribution is 2.21. The van der Waals surface area contributed by atoms with E-state index < -0.39 is 36.3 Å². The van der Waals surface area contributed by atoms with E-state index in [1.807, 2.05) is 12.2 Å². The topological polar surface area (TPSA) is 142 Å². The Hall–Kier alpha value is -2.07. The molecule has 0 unspecified atom stereocenters. The first-order valence-electron chi connectivity index (χ1n) is 16.4. The Kier molecular flexibility index (Phi) is 20.3. The number of cyclic esters (lactones) is 1. The van der Waals surface area contributed by atoms with E-state index in [1.165, 1.54) is 0 Å². The Labute approximate surface area is 259 Å². The Bertz CT molecular complexity index is 872. The van der Waals surface area contributed by atoms with E-state index in [4.69, 9.17) is 9.47 Å². The van der Waals surface area contributed by atoms with Crippen LogP contribution in [-0.4, -0.2) is 77.7 Å². The molecule has 0 aromatic carbocycles. The standard InChI is InChI=1S/C34H59NO8/c1-6-26-13-10-15-27(23-42-5)18-19-30(38)31(39)21-29(37)22-35-33(40)32(7-2)43-34(41)25(4)20-24(3)12-8-9-16-28(36)17-11-14-26/h10,13,15,24-26,29-32,37-39H,6-9,11-12,14,16-23H2,1-5H3,(H,35,40)/b13-10+,27-15-/t24-,25+,26+,29+,30-,31+,32-/m1/s1. The summed E-state index contributed by atoms with van der Waals surface area (Å²) in [6.07, 6.45) is 10.1. The van der Waals surface area contributed by atoms with Gasteiger partial charge < -0.3 is 30.1 Å². The van der Waals surface area contributed by atoms with E-state index in [1.54, 1.807) is 21.0 Å². The highest BCUT2D eigenvalue weighted by molar-refractivity contribution is 5.84. The second kappa shape index (κ2) is 22.4. The number of Topliss-reactive ketones (excluding diaryl/α,β-unsaturated/α-hetero) is 1. The molecule has 1 amide bonds. The van der Waals surface area contributed by atoms with Crippen LogP contribution in [0.4, 0.5) is 0 Å². The number of carbonyl (C=O) groups is 3. The number of hydrogen-bond donors (Lipinski definition) is 4. The Balaban J connectivity index is 2.93. The van der Waals surface area contributed by atoms with Gasteiger partial charge in [0.05, 0.1) is 30.8 Å². The number of hydrogen-bond acceptors (Lipinski definition) is 8. The van der Waals surface area contributed by atoms with Gasteiger partial charge in [-0.15, -0.1) is 0 Å². The molecule has 0 aliphatic carbocycles. The maximum absolute atomic E-state index is 12.7. The molecule has 1 heterocycles. The number of aliphatic hydroxyl groups excluding tert-OH is 3. The molecule has 0 aromatic rings. The number of nitrogens with one attached hydrogen (secondary N) is 1. The zero-order valence-electron chi connectivity index (χ0n) is 27.3. The van der Waals surface area contributed by atoms with Crippen molar-refractivity contribution in [3.63, 3.8) is 0 Å². The zero-order chi connectivity index (χ0) is 32.2. The Morgan fingerprint density at radius 2 is 1.63 bits per heavy atom. The number of amides is 1. The van der Waals surface area contributed by atoms with Crippen LogP contribution >= 0.6 is 0 Å². The molecule has 1 aliphatic rings. The van der Waals surface area contributed by atoms with Gasteiger partial charge in [0.2, 0.25) is 0 Å². The minimum absolute atomic E-state index is 0.114. The molecule has 1 rings (SSSR count). The second-order valence-corrected chi connectivity index (χ2v) is 12.4. The van der Waals surface area contributed by atoms with Crippen LogP contribution < -0.4 is 5.32 Å². The molecule has 1 aliphatic heterocycles. The Morgan fingerprint density at radius 1 is 0.907 bits per heavy atom. The van der Waals surface area contributed by atoms with E-state index in [0.29, 0.717) is 44.0 Å². The first-order valence-corrected chi connectivity index (χ1v) is 16.4. The quantitative estimate of drug-likeness (QED) is 0.333. The molecule has 0 bridgehead atoms. The molecule has 0 saturated carbocycles. The van der Waals surface area contributed by atoms with Gasteiger partial charge in [-0.3, -0.25) is 14.4 Å². The lowest BCUT2D eigenvalue weighted by Crippen LogP contribution is -2.43. The molecule has 0 saturated heterocycles. The molecular weight excluding hydrogens is 550 g/mol. The minimum Gasteiger partial charge on any atom is -0.452 e. The van der Waals surface area contributed by atoms with E-state index >= 15 is 0 Å². The summed E-state index contributed by atoms with van der Waals surface area (Å²) in [5, 5.41) is 34.0. The van der Waals surface area contributed by atoms with Crippen molar-refractivity contribution in [2.24, 2.45) is 17.8 Å². The SMILES string of the molecule is CC[C@H]1/C=C/C=C(\COC)CC[C@@H](O)[C@@H](O)C[C@H](O)CNC(=O)[C@@H](CC)OC(=O)[C@@H](C)C[C@H](C)CCCCC(=O)CCC1. The fourth-order valence-corrected chi connectivity index (χ4v) is 5.45. The van der Waals surface area contributed by atoms with Crippen LogP contribution in [0.15, 0.2) is 23.8 Å². The van der Waals surface area contributed by atoms with Crippen molar-refractivity contribution in [2.75, 3.05) is 20.3 Å². The van der Waals surface area contributed by atoms with Crippen molar-refractivity contribution in [3.8, 4) is 0 Å². The molecule has 0 aromatic heterocycles. The molecule has 4 N–H and O–H groups in total. The second-order valence-electron chi connectivity index (χ2n) is 12.4. The van der Waals surface area contributed by atoms with Crippen LogP contribution in [-0.2, 0) is 23.9 Å². The third kappa shape index (κ3) is 17.1. The fraction of sp³-hybridized carbons (Fsp3) is 0.794. The normalized spacial score (nSPS) is 33.3. The lowest BCUT2D eigenvalue weighted by atomic mass is 9.92. The summed E-state index contributed by atoms with van der Waals surface area (Å²) in [6, 6.07) is 0. The average Bonchev–Trinajstić information content (AvgIpc) is 2.97. The van der Waals surface area contributed by atoms with E-state index in [0.717, 1.165) is 44.1 Å². The fourth-order valence-electron chi connectivity index (χ4n) is 5.45. The number of ether oxygens (including phenoxy) is 2. The molecule has 7 atom stereocenters. The Morgan fingerprint density at radius 3 is 2.30 bits per heavy atom. The van der Waals surface area contributed by atoms with Crippen LogP contribution in [0.5, 0.6) is 0 Å². The van der Waals surface area contributed by atoms with Gasteiger partial charge in [0.15, 0.2) is 6.10 Å². The first kappa shape index (κ1) is 39.0. The summed E-state index contributed by atoms with van der Waals surface area (Å²) >= 11 is 0. The average molecular weight is 610 g/mol.